The van der Waals surface area contributed by atoms with Crippen LogP contribution >= 0.6 is 0 Å². The van der Waals surface area contributed by atoms with Gasteiger partial charge >= 0.3 is 0 Å². The Balaban J connectivity index is 1.73. The van der Waals surface area contributed by atoms with Gasteiger partial charge in [-0.1, -0.05) is 24.3 Å². The molecular weight excluding hydrogens is 328 g/mol. The Labute approximate surface area is 149 Å². The third kappa shape index (κ3) is 1.90. The number of rotatable bonds is 0. The first-order valence-electron chi connectivity index (χ1n) is 8.67. The van der Waals surface area contributed by atoms with E-state index >= 15 is 0 Å². The van der Waals surface area contributed by atoms with Gasteiger partial charge in [-0.3, -0.25) is 19.2 Å². The first-order valence-corrected chi connectivity index (χ1v) is 8.67. The van der Waals surface area contributed by atoms with E-state index in [4.69, 9.17) is 0 Å². The van der Waals surface area contributed by atoms with Crippen molar-refractivity contribution in [1.29, 1.82) is 0 Å². The van der Waals surface area contributed by atoms with Crippen LogP contribution in [0, 0.1) is 5.92 Å². The minimum absolute atomic E-state index is 0.100. The van der Waals surface area contributed by atoms with Gasteiger partial charge < -0.3 is 0 Å². The molecule has 0 amide bonds. The molecule has 0 fully saturated rings. The monoisotopic (exact) mass is 342 g/mol. The quantitative estimate of drug-likeness (QED) is 0.736. The topological polar surface area (TPSA) is 68.3 Å². The van der Waals surface area contributed by atoms with Crippen molar-refractivity contribution in [1.82, 2.24) is 0 Å². The Bertz CT molecular complexity index is 1070. The highest BCUT2D eigenvalue weighted by atomic mass is 16.1. The van der Waals surface area contributed by atoms with Gasteiger partial charge in [-0.15, -0.1) is 0 Å². The molecule has 0 aliphatic heterocycles. The summed E-state index contributed by atoms with van der Waals surface area (Å²) in [4.78, 5) is 50.6. The lowest BCUT2D eigenvalue weighted by Crippen LogP contribution is -2.38. The lowest BCUT2D eigenvalue weighted by molar-refractivity contribution is 0.0774. The number of Topliss-reactive ketones (excluding diaryl/α,β-unsaturated/α-hetero) is 2. The maximum Gasteiger partial charge on any atom is 0.186 e. The normalized spacial score (nSPS) is 23.2. The maximum atomic E-state index is 13.3. The fourth-order valence-electron chi connectivity index (χ4n) is 4.48. The first-order chi connectivity index (χ1) is 12.6. The van der Waals surface area contributed by atoms with Crippen molar-refractivity contribution >= 4 is 23.1 Å². The van der Waals surface area contributed by atoms with Crippen LogP contribution in [0.4, 0.5) is 0 Å². The number of ketones is 4. The largest absolute Gasteiger partial charge is 0.294 e. The van der Waals surface area contributed by atoms with Gasteiger partial charge in [0.15, 0.2) is 23.1 Å². The summed E-state index contributed by atoms with van der Waals surface area (Å²) in [7, 11) is 0. The summed E-state index contributed by atoms with van der Waals surface area (Å²) in [5.74, 6) is -1.74. The molecule has 0 spiro atoms. The molecule has 2 aromatic carbocycles. The zero-order valence-electron chi connectivity index (χ0n) is 13.8. The standard InChI is InChI=1S/C22H14O4/c23-18-7-8-19(24)15-10-17-16(9-14(15)18)21(25)13-6-5-11-3-1-2-4-12(11)20(13)22(17)26/h1-4,7-10,13,20H,5-6H2. The van der Waals surface area contributed by atoms with E-state index in [0.29, 0.717) is 6.42 Å². The molecule has 3 aliphatic carbocycles. The van der Waals surface area contributed by atoms with Gasteiger partial charge in [0.05, 0.1) is 5.92 Å². The van der Waals surface area contributed by atoms with E-state index in [1.165, 1.54) is 24.3 Å². The van der Waals surface area contributed by atoms with Gasteiger partial charge in [0.1, 0.15) is 0 Å². The fraction of sp³-hybridized carbons (Fsp3) is 0.182. The van der Waals surface area contributed by atoms with Crippen molar-refractivity contribution in [3.8, 4) is 0 Å². The SMILES string of the molecule is O=C1C=CC(=O)c2cc3c(cc21)C(=O)C1CCc2ccccc2C1C3=O. The molecule has 0 saturated heterocycles. The highest BCUT2D eigenvalue weighted by Crippen LogP contribution is 2.44. The summed E-state index contributed by atoms with van der Waals surface area (Å²) in [6.45, 7) is 0. The van der Waals surface area contributed by atoms with Crippen molar-refractivity contribution in [3.63, 3.8) is 0 Å². The van der Waals surface area contributed by atoms with Gasteiger partial charge in [-0.05, 0) is 48.3 Å². The van der Waals surface area contributed by atoms with Gasteiger partial charge in [0.2, 0.25) is 0 Å². The molecule has 0 N–H and O–H groups in total. The van der Waals surface area contributed by atoms with Crippen LogP contribution in [0.25, 0.3) is 0 Å². The highest BCUT2D eigenvalue weighted by molar-refractivity contribution is 6.26. The Morgan fingerprint density at radius 2 is 1.35 bits per heavy atom. The summed E-state index contributed by atoms with van der Waals surface area (Å²) in [5, 5.41) is 0. The van der Waals surface area contributed by atoms with E-state index < -0.39 is 11.8 Å². The van der Waals surface area contributed by atoms with Crippen LogP contribution in [0.5, 0.6) is 0 Å². The lowest BCUT2D eigenvalue weighted by atomic mass is 9.64. The molecule has 4 nitrogen and oxygen atoms in total. The van der Waals surface area contributed by atoms with Crippen molar-refractivity contribution in [3.05, 3.63) is 81.9 Å². The van der Waals surface area contributed by atoms with E-state index in [-0.39, 0.29) is 45.4 Å². The van der Waals surface area contributed by atoms with E-state index in [1.807, 2.05) is 24.3 Å². The average molecular weight is 342 g/mol. The minimum Gasteiger partial charge on any atom is -0.294 e. The Hall–Kier alpha value is -3.14. The molecule has 0 heterocycles. The fourth-order valence-corrected chi connectivity index (χ4v) is 4.48. The number of hydrogen-bond acceptors (Lipinski definition) is 4. The summed E-state index contributed by atoms with van der Waals surface area (Å²) in [6.07, 6.45) is 3.81. The van der Waals surface area contributed by atoms with Crippen LogP contribution in [0.2, 0.25) is 0 Å². The lowest BCUT2D eigenvalue weighted by Gasteiger charge is -2.36. The van der Waals surface area contributed by atoms with E-state index in [1.54, 1.807) is 0 Å². The van der Waals surface area contributed by atoms with Crippen LogP contribution in [0.1, 0.15) is 64.9 Å². The van der Waals surface area contributed by atoms with Crippen molar-refractivity contribution in [2.45, 2.75) is 18.8 Å². The molecule has 2 unspecified atom stereocenters. The van der Waals surface area contributed by atoms with Crippen molar-refractivity contribution in [2.24, 2.45) is 5.92 Å². The predicted molar refractivity (Wildman–Crippen MR) is 93.9 cm³/mol. The van der Waals surface area contributed by atoms with Crippen LogP contribution in [0.15, 0.2) is 48.6 Å². The number of allylic oxidation sites excluding steroid dienone is 2. The summed E-state index contributed by atoms with van der Waals surface area (Å²) >= 11 is 0. The molecule has 0 radical (unpaired) electrons. The Morgan fingerprint density at radius 3 is 2.04 bits per heavy atom. The Morgan fingerprint density at radius 1 is 0.731 bits per heavy atom. The maximum absolute atomic E-state index is 13.3. The minimum atomic E-state index is -0.497. The number of carbonyl (C=O) groups is 4. The summed E-state index contributed by atoms with van der Waals surface area (Å²) in [5.41, 5.74) is 2.99. The van der Waals surface area contributed by atoms with Gasteiger partial charge in [-0.25, -0.2) is 0 Å². The van der Waals surface area contributed by atoms with Gasteiger partial charge in [0, 0.05) is 28.2 Å². The zero-order chi connectivity index (χ0) is 18.0. The molecule has 0 saturated carbocycles. The number of fused-ring (bicyclic) bond motifs is 5. The molecule has 0 aromatic heterocycles. The molecule has 126 valence electrons. The van der Waals surface area contributed by atoms with E-state index in [2.05, 4.69) is 0 Å². The molecule has 5 rings (SSSR count). The number of aryl methyl sites for hydroxylation is 1. The third-order valence-corrected chi connectivity index (χ3v) is 5.74. The van der Waals surface area contributed by atoms with Crippen LogP contribution < -0.4 is 0 Å². The van der Waals surface area contributed by atoms with Crippen LogP contribution in [-0.2, 0) is 6.42 Å². The zero-order valence-corrected chi connectivity index (χ0v) is 13.8. The second-order valence-electron chi connectivity index (χ2n) is 7.06. The molecular formula is C22H14O4. The second kappa shape index (κ2) is 5.18. The van der Waals surface area contributed by atoms with Crippen LogP contribution in [-0.4, -0.2) is 23.1 Å². The van der Waals surface area contributed by atoms with E-state index in [9.17, 15) is 19.2 Å². The van der Waals surface area contributed by atoms with Gasteiger partial charge in [0.25, 0.3) is 0 Å². The first kappa shape index (κ1) is 15.1. The third-order valence-electron chi connectivity index (χ3n) is 5.74. The van der Waals surface area contributed by atoms with Crippen molar-refractivity contribution < 1.29 is 19.2 Å². The smallest absolute Gasteiger partial charge is 0.186 e. The molecule has 3 aliphatic rings. The van der Waals surface area contributed by atoms with Gasteiger partial charge in [-0.2, -0.15) is 0 Å². The summed E-state index contributed by atoms with van der Waals surface area (Å²) < 4.78 is 0. The summed E-state index contributed by atoms with van der Waals surface area (Å²) in [6, 6.07) is 10.6. The number of benzene rings is 2. The number of carbonyl (C=O) groups excluding carboxylic acids is 4. The Kier molecular flexibility index (Phi) is 3.02. The van der Waals surface area contributed by atoms with Crippen molar-refractivity contribution in [2.75, 3.05) is 0 Å². The molecule has 0 bridgehead atoms. The average Bonchev–Trinajstić information content (AvgIpc) is 2.67. The molecule has 2 atom stereocenters. The van der Waals surface area contributed by atoms with E-state index in [0.717, 1.165) is 17.5 Å². The predicted octanol–water partition coefficient (Wildman–Crippen LogP) is 3.35. The highest BCUT2D eigenvalue weighted by Gasteiger charge is 2.45. The van der Waals surface area contributed by atoms with Crippen LogP contribution in [0.3, 0.4) is 0 Å². The second-order valence-corrected chi connectivity index (χ2v) is 7.06. The number of hydrogen-bond donors (Lipinski definition) is 0. The molecule has 26 heavy (non-hydrogen) atoms. The molecule has 4 heteroatoms. The molecule has 2 aromatic rings.